The van der Waals surface area contributed by atoms with Gasteiger partial charge < -0.3 is 10.2 Å². The molecule has 0 unspecified atom stereocenters. The van der Waals surface area contributed by atoms with Crippen LogP contribution in [0, 0.1) is 12.8 Å². The Morgan fingerprint density at radius 2 is 1.45 bits per heavy atom. The lowest BCUT2D eigenvalue weighted by Gasteiger charge is -2.35. The topological polar surface area (TPSA) is 15.3 Å². The summed E-state index contributed by atoms with van der Waals surface area (Å²) in [6.45, 7) is 38.1. The van der Waals surface area contributed by atoms with E-state index in [0.717, 1.165) is 38.4 Å². The van der Waals surface area contributed by atoms with Crippen molar-refractivity contribution in [1.82, 2.24) is 10.2 Å². The van der Waals surface area contributed by atoms with E-state index in [1.165, 1.54) is 57.6 Å². The molecule has 1 N–H and O–H groups in total. The first-order valence-corrected chi connectivity index (χ1v) is 16.0. The summed E-state index contributed by atoms with van der Waals surface area (Å²) in [7, 11) is 0. The molecule has 1 saturated heterocycles. The predicted octanol–water partition coefficient (Wildman–Crippen LogP) is 11.4. The molecule has 0 atom stereocenters. The highest BCUT2D eigenvalue weighted by molar-refractivity contribution is 5.62. The summed E-state index contributed by atoms with van der Waals surface area (Å²) in [4.78, 5) is 2.46. The average molecular weight is 573 g/mol. The molecule has 0 saturated carbocycles. The summed E-state index contributed by atoms with van der Waals surface area (Å²) < 4.78 is 0. The number of likely N-dealkylation sites (tertiary alicyclic amines) is 1. The van der Waals surface area contributed by atoms with Gasteiger partial charge in [-0.25, -0.2) is 0 Å². The van der Waals surface area contributed by atoms with Crippen LogP contribution in [0.2, 0.25) is 0 Å². The van der Waals surface area contributed by atoms with Crippen LogP contribution in [0.3, 0.4) is 0 Å². The molecule has 2 aromatic carbocycles. The molecule has 1 fully saturated rings. The number of allylic oxidation sites excluding steroid dienone is 5. The van der Waals surface area contributed by atoms with E-state index in [-0.39, 0.29) is 0 Å². The summed E-state index contributed by atoms with van der Waals surface area (Å²) in [5.74, 6) is 0.739. The fourth-order valence-electron chi connectivity index (χ4n) is 4.21. The minimum Gasteiger partial charge on any atom is -0.389 e. The van der Waals surface area contributed by atoms with Crippen molar-refractivity contribution in [2.45, 2.75) is 94.9 Å². The van der Waals surface area contributed by atoms with E-state index in [4.69, 9.17) is 0 Å². The number of hydrogen-bond donors (Lipinski definition) is 1. The van der Waals surface area contributed by atoms with Crippen LogP contribution in [0.15, 0.2) is 104 Å². The van der Waals surface area contributed by atoms with Crippen LogP contribution < -0.4 is 5.32 Å². The zero-order valence-corrected chi connectivity index (χ0v) is 29.1. The van der Waals surface area contributed by atoms with E-state index in [2.05, 4.69) is 133 Å². The van der Waals surface area contributed by atoms with Crippen LogP contribution in [0.25, 0.3) is 5.70 Å². The van der Waals surface area contributed by atoms with Crippen LogP contribution in [-0.2, 0) is 12.8 Å². The van der Waals surface area contributed by atoms with Crippen molar-refractivity contribution >= 4 is 5.70 Å². The number of piperidine rings is 1. The lowest BCUT2D eigenvalue weighted by molar-refractivity contribution is 0.253. The highest BCUT2D eigenvalue weighted by atomic mass is 15.1. The Labute approximate surface area is 262 Å². The van der Waals surface area contributed by atoms with Crippen molar-refractivity contribution in [3.05, 3.63) is 126 Å². The number of nitrogens with one attached hydrogen (secondary N) is 1. The summed E-state index contributed by atoms with van der Waals surface area (Å²) in [5.41, 5.74) is 10.5. The fourth-order valence-corrected chi connectivity index (χ4v) is 4.21. The average Bonchev–Trinajstić information content (AvgIpc) is 3.06. The first-order chi connectivity index (χ1) is 20.2. The van der Waals surface area contributed by atoms with E-state index in [0.29, 0.717) is 0 Å². The zero-order valence-electron chi connectivity index (χ0n) is 29.1. The molecule has 1 heterocycles. The van der Waals surface area contributed by atoms with Gasteiger partial charge in [0.05, 0.1) is 0 Å². The van der Waals surface area contributed by atoms with Crippen molar-refractivity contribution in [3.8, 4) is 0 Å². The van der Waals surface area contributed by atoms with E-state index < -0.39 is 0 Å². The monoisotopic (exact) mass is 573 g/mol. The number of benzene rings is 2. The molecule has 0 aromatic heterocycles. The summed E-state index contributed by atoms with van der Waals surface area (Å²) in [6.07, 6.45) is 8.73. The van der Waals surface area contributed by atoms with Gasteiger partial charge in [-0.3, -0.25) is 0 Å². The first-order valence-electron chi connectivity index (χ1n) is 16.0. The van der Waals surface area contributed by atoms with Gasteiger partial charge in [0.1, 0.15) is 0 Å². The van der Waals surface area contributed by atoms with Crippen LogP contribution in [-0.4, -0.2) is 24.5 Å². The maximum Gasteiger partial charge on any atom is 0.0366 e. The molecule has 0 bridgehead atoms. The normalized spacial score (nSPS) is 12.3. The van der Waals surface area contributed by atoms with Gasteiger partial charge in [-0.05, 0) is 88.5 Å². The Morgan fingerprint density at radius 1 is 0.905 bits per heavy atom. The molecule has 2 nitrogen and oxygen atoms in total. The Kier molecular flexibility index (Phi) is 24.8. The SMILES string of the molecule is C=C.C=C(c1ccc(CC)cc1)N1CCC(CN/C(C)=C/Cc2ccccc2C)CC1.C=CC(C)=C(C)C.CC.CC. The van der Waals surface area contributed by atoms with Crippen molar-refractivity contribution < 1.29 is 0 Å². The van der Waals surface area contributed by atoms with Crippen LogP contribution in [0.5, 0.6) is 0 Å². The number of nitrogens with zero attached hydrogens (tertiary/aromatic N) is 1. The zero-order chi connectivity index (χ0) is 32.5. The first kappa shape index (κ1) is 40.9. The van der Waals surface area contributed by atoms with Crippen LogP contribution >= 0.6 is 0 Å². The number of rotatable bonds is 9. The van der Waals surface area contributed by atoms with E-state index >= 15 is 0 Å². The molecule has 3 rings (SSSR count). The second kappa shape index (κ2) is 25.5. The molecular weight excluding hydrogens is 508 g/mol. The molecule has 1 aliphatic heterocycles. The summed E-state index contributed by atoms with van der Waals surface area (Å²) in [5, 5.41) is 3.65. The third-order valence-electron chi connectivity index (χ3n) is 7.35. The molecule has 0 amide bonds. The minimum absolute atomic E-state index is 0.739. The van der Waals surface area contributed by atoms with Crippen LogP contribution in [0.4, 0.5) is 0 Å². The van der Waals surface area contributed by atoms with Gasteiger partial charge in [-0.2, -0.15) is 0 Å². The van der Waals surface area contributed by atoms with E-state index in [1.54, 1.807) is 0 Å². The van der Waals surface area contributed by atoms with Gasteiger partial charge in [0.25, 0.3) is 0 Å². The molecular formula is C40H64N2. The van der Waals surface area contributed by atoms with E-state index in [9.17, 15) is 0 Å². The molecule has 2 aromatic rings. The summed E-state index contributed by atoms with van der Waals surface area (Å²) >= 11 is 0. The highest BCUT2D eigenvalue weighted by Crippen LogP contribution is 2.25. The molecule has 234 valence electrons. The Balaban J connectivity index is 0. The molecule has 2 heteroatoms. The van der Waals surface area contributed by atoms with Crippen molar-refractivity contribution in [1.29, 1.82) is 0 Å². The number of aryl methyl sites for hydroxylation is 2. The molecule has 0 radical (unpaired) electrons. The van der Waals surface area contributed by atoms with Gasteiger partial charge >= 0.3 is 0 Å². The Bertz CT molecular complexity index is 1040. The van der Waals surface area contributed by atoms with Crippen molar-refractivity contribution in [3.63, 3.8) is 0 Å². The smallest absolute Gasteiger partial charge is 0.0366 e. The lowest BCUT2D eigenvalue weighted by Crippen LogP contribution is -2.35. The maximum atomic E-state index is 4.36. The Hall–Kier alpha value is -3.26. The molecule has 0 spiro atoms. The Morgan fingerprint density at radius 3 is 1.90 bits per heavy atom. The van der Waals surface area contributed by atoms with Gasteiger partial charge in [-0.1, -0.05) is 120 Å². The number of hydrogen-bond acceptors (Lipinski definition) is 2. The predicted molar refractivity (Wildman–Crippen MR) is 194 cm³/mol. The largest absolute Gasteiger partial charge is 0.389 e. The quantitative estimate of drug-likeness (QED) is 0.237. The maximum absolute atomic E-state index is 4.36. The van der Waals surface area contributed by atoms with E-state index in [1.807, 2.05) is 33.8 Å². The van der Waals surface area contributed by atoms with Gasteiger partial charge in [0.15, 0.2) is 0 Å². The standard InChI is InChI=1S/C27H36N2.C7H12.2C2H6.C2H4/c1-5-24-11-14-27(15-12-24)23(4)29-18-16-25(17-19-29)20-28-22(3)10-13-26-9-7-6-8-21(26)2;1-5-7(4)6(2)3;3*1-2/h6-12,14-15,25,28H,4-5,13,16-20H2,1-3H3;5H,1H2,2-4H3;2*1-2H3;1-2H2/b22-10+;;;;. The van der Waals surface area contributed by atoms with Gasteiger partial charge in [-0.15, -0.1) is 13.2 Å². The fraction of sp³-hybridized carbons (Fsp3) is 0.450. The second-order valence-electron chi connectivity index (χ2n) is 10.2. The second-order valence-corrected chi connectivity index (χ2v) is 10.2. The third-order valence-corrected chi connectivity index (χ3v) is 7.35. The van der Waals surface area contributed by atoms with Gasteiger partial charge in [0, 0.05) is 31.0 Å². The van der Waals surface area contributed by atoms with Gasteiger partial charge in [0.2, 0.25) is 0 Å². The van der Waals surface area contributed by atoms with Crippen molar-refractivity contribution in [2.24, 2.45) is 5.92 Å². The summed E-state index contributed by atoms with van der Waals surface area (Å²) in [6, 6.07) is 17.5. The highest BCUT2D eigenvalue weighted by Gasteiger charge is 2.20. The third kappa shape index (κ3) is 16.2. The van der Waals surface area contributed by atoms with Crippen LogP contribution in [0.1, 0.15) is 97.4 Å². The van der Waals surface area contributed by atoms with Crippen molar-refractivity contribution in [2.75, 3.05) is 19.6 Å². The molecule has 1 aliphatic rings. The lowest BCUT2D eigenvalue weighted by atomic mass is 9.95. The minimum atomic E-state index is 0.739. The molecule has 0 aliphatic carbocycles. The molecule has 42 heavy (non-hydrogen) atoms.